The Labute approximate surface area is 169 Å². The van der Waals surface area contributed by atoms with Crippen LogP contribution in [0.15, 0.2) is 24.3 Å². The summed E-state index contributed by atoms with van der Waals surface area (Å²) < 4.78 is 13.4. The van der Waals surface area contributed by atoms with E-state index in [1.54, 1.807) is 0 Å². The number of hydrogen-bond acceptors (Lipinski definition) is 5. The molecule has 1 fully saturated rings. The topological polar surface area (TPSA) is 170 Å². The van der Waals surface area contributed by atoms with Gasteiger partial charge in [-0.3, -0.25) is 24.0 Å². The van der Waals surface area contributed by atoms with Gasteiger partial charge in [0.05, 0.1) is 30.2 Å². The van der Waals surface area contributed by atoms with Crippen molar-refractivity contribution in [2.24, 2.45) is 17.8 Å². The largest absolute Gasteiger partial charge is 0.481 e. The highest BCUT2D eigenvalue weighted by atomic mass is 19.1. The molecule has 1 aliphatic heterocycles. The number of nitrogens with zero attached hydrogens (tertiary/aromatic N) is 1. The van der Waals surface area contributed by atoms with Crippen molar-refractivity contribution in [3.05, 3.63) is 30.1 Å². The molecule has 1 aromatic carbocycles. The molecule has 3 atom stereocenters. The fourth-order valence-electron chi connectivity index (χ4n) is 4.40. The first-order valence-corrected chi connectivity index (χ1v) is 8.90. The summed E-state index contributed by atoms with van der Waals surface area (Å²) >= 11 is 0. The van der Waals surface area contributed by atoms with E-state index in [1.165, 1.54) is 6.92 Å². The molecular formula is C19H20FNO9. The van der Waals surface area contributed by atoms with E-state index in [1.807, 2.05) is 0 Å². The van der Waals surface area contributed by atoms with Crippen LogP contribution >= 0.6 is 0 Å². The number of halogens is 1. The maximum Gasteiger partial charge on any atom is 0.309 e. The Kier molecular flexibility index (Phi) is 6.44. The Morgan fingerprint density at radius 1 is 1.00 bits per heavy atom. The molecule has 2 rings (SSSR count). The molecule has 11 heteroatoms. The molecule has 0 saturated carbocycles. The van der Waals surface area contributed by atoms with Crippen molar-refractivity contribution in [1.82, 2.24) is 0 Å². The molecule has 0 radical (unpaired) electrons. The van der Waals surface area contributed by atoms with Crippen LogP contribution in [0.5, 0.6) is 0 Å². The monoisotopic (exact) mass is 425 g/mol. The summed E-state index contributed by atoms with van der Waals surface area (Å²) in [5, 5.41) is 38.2. The minimum Gasteiger partial charge on any atom is -0.481 e. The van der Waals surface area contributed by atoms with Gasteiger partial charge in [-0.05, 0) is 30.2 Å². The van der Waals surface area contributed by atoms with E-state index in [0.717, 1.165) is 29.2 Å². The molecule has 1 aliphatic rings. The van der Waals surface area contributed by atoms with Gasteiger partial charge < -0.3 is 25.3 Å². The number of anilines is 1. The van der Waals surface area contributed by atoms with Gasteiger partial charge in [-0.2, -0.15) is 0 Å². The van der Waals surface area contributed by atoms with Crippen molar-refractivity contribution in [3.8, 4) is 0 Å². The maximum absolute atomic E-state index is 13.4. The molecule has 0 aromatic heterocycles. The minimum atomic E-state index is -2.22. The van der Waals surface area contributed by atoms with Gasteiger partial charge in [-0.15, -0.1) is 0 Å². The zero-order valence-corrected chi connectivity index (χ0v) is 15.8. The molecule has 4 N–H and O–H groups in total. The van der Waals surface area contributed by atoms with Crippen LogP contribution in [0.1, 0.15) is 26.2 Å². The van der Waals surface area contributed by atoms with Gasteiger partial charge in [0.15, 0.2) is 0 Å². The molecule has 1 heterocycles. The number of aliphatic carboxylic acids is 4. The lowest BCUT2D eigenvalue weighted by Crippen LogP contribution is -2.64. The molecule has 1 amide bonds. The van der Waals surface area contributed by atoms with Crippen LogP contribution in [0.2, 0.25) is 0 Å². The molecule has 3 unspecified atom stereocenters. The van der Waals surface area contributed by atoms with Gasteiger partial charge in [0, 0.05) is 12.1 Å². The molecule has 1 saturated heterocycles. The number of carboxylic acids is 4. The van der Waals surface area contributed by atoms with Crippen molar-refractivity contribution >= 4 is 35.5 Å². The summed E-state index contributed by atoms with van der Waals surface area (Å²) in [7, 11) is 0. The van der Waals surface area contributed by atoms with Crippen LogP contribution in [0.3, 0.4) is 0 Å². The summed E-state index contributed by atoms with van der Waals surface area (Å²) in [4.78, 5) is 60.8. The number of amides is 1. The fraction of sp³-hybridized carbons (Fsp3) is 0.421. The summed E-state index contributed by atoms with van der Waals surface area (Å²) in [5.74, 6) is -12.8. The van der Waals surface area contributed by atoms with Crippen molar-refractivity contribution in [2.45, 2.75) is 31.7 Å². The molecule has 10 nitrogen and oxygen atoms in total. The zero-order valence-electron chi connectivity index (χ0n) is 15.8. The second-order valence-electron chi connectivity index (χ2n) is 7.18. The number of carbonyl (C=O) groups excluding carboxylic acids is 1. The van der Waals surface area contributed by atoms with Gasteiger partial charge in [0.25, 0.3) is 0 Å². The SMILES string of the molecule is CC1CC(=O)N(c2ccc(F)cc2)C1(C(CC(=O)O)C(=O)O)C(CC(=O)O)C(=O)O. The average Bonchev–Trinajstić information content (AvgIpc) is 2.88. The Balaban J connectivity index is 2.88. The predicted molar refractivity (Wildman–Crippen MR) is 97.2 cm³/mol. The lowest BCUT2D eigenvalue weighted by Gasteiger charge is -2.48. The highest BCUT2D eigenvalue weighted by Crippen LogP contribution is 2.51. The average molecular weight is 425 g/mol. The lowest BCUT2D eigenvalue weighted by molar-refractivity contribution is -0.160. The minimum absolute atomic E-state index is 0.0565. The van der Waals surface area contributed by atoms with E-state index in [9.17, 15) is 48.8 Å². The van der Waals surface area contributed by atoms with Gasteiger partial charge in [0.1, 0.15) is 5.82 Å². The van der Waals surface area contributed by atoms with Gasteiger partial charge >= 0.3 is 23.9 Å². The van der Waals surface area contributed by atoms with Crippen LogP contribution in [0, 0.1) is 23.6 Å². The van der Waals surface area contributed by atoms with Crippen LogP contribution in [0.25, 0.3) is 0 Å². The summed E-state index contributed by atoms with van der Waals surface area (Å²) in [6, 6.07) is 4.19. The molecule has 0 bridgehead atoms. The Morgan fingerprint density at radius 2 is 1.43 bits per heavy atom. The molecule has 30 heavy (non-hydrogen) atoms. The number of rotatable bonds is 9. The standard InChI is InChI=1S/C19H20FNO9/c1-9-6-14(22)21(11-4-2-10(20)3-5-11)19(9,12(17(27)28)7-15(23)24)13(18(29)30)8-16(25)26/h2-5,9,12-13H,6-8H2,1H3,(H,23,24)(H,25,26)(H,27,28)(H,29,30). The Hall–Kier alpha value is -3.50. The zero-order chi connectivity index (χ0) is 22.8. The summed E-state index contributed by atoms with van der Waals surface area (Å²) in [6.45, 7) is 1.37. The molecule has 162 valence electrons. The third-order valence-electron chi connectivity index (χ3n) is 5.46. The lowest BCUT2D eigenvalue weighted by atomic mass is 9.64. The van der Waals surface area contributed by atoms with Crippen molar-refractivity contribution in [2.75, 3.05) is 4.90 Å². The van der Waals surface area contributed by atoms with Crippen LogP contribution < -0.4 is 4.90 Å². The number of carboxylic acid groups (broad SMARTS) is 4. The van der Waals surface area contributed by atoms with E-state index in [-0.39, 0.29) is 12.1 Å². The first kappa shape index (κ1) is 22.8. The van der Waals surface area contributed by atoms with Gasteiger partial charge in [-0.25, -0.2) is 4.39 Å². The summed E-state index contributed by atoms with van der Waals surface area (Å²) in [5.41, 5.74) is -2.28. The van der Waals surface area contributed by atoms with E-state index >= 15 is 0 Å². The van der Waals surface area contributed by atoms with Crippen molar-refractivity contribution in [3.63, 3.8) is 0 Å². The first-order chi connectivity index (χ1) is 13.9. The van der Waals surface area contributed by atoms with Crippen LogP contribution in [-0.2, 0) is 24.0 Å². The quantitative estimate of drug-likeness (QED) is 0.455. The smallest absolute Gasteiger partial charge is 0.309 e. The molecule has 1 aromatic rings. The first-order valence-electron chi connectivity index (χ1n) is 8.90. The maximum atomic E-state index is 13.4. The van der Waals surface area contributed by atoms with Gasteiger partial charge in [-0.1, -0.05) is 6.92 Å². The highest BCUT2D eigenvalue weighted by molar-refractivity contribution is 6.01. The predicted octanol–water partition coefficient (Wildman–Crippen LogP) is 1.29. The van der Waals surface area contributed by atoms with E-state index < -0.39 is 71.7 Å². The fourth-order valence-corrected chi connectivity index (χ4v) is 4.40. The summed E-state index contributed by atoms with van der Waals surface area (Å²) in [6.07, 6.45) is -2.44. The normalized spacial score (nSPS) is 23.1. The van der Waals surface area contributed by atoms with E-state index in [2.05, 4.69) is 0 Å². The number of hydrogen-bond donors (Lipinski definition) is 4. The van der Waals surface area contributed by atoms with Crippen molar-refractivity contribution < 1.29 is 48.8 Å². The van der Waals surface area contributed by atoms with Crippen molar-refractivity contribution in [1.29, 1.82) is 0 Å². The number of carbonyl (C=O) groups is 5. The van der Waals surface area contributed by atoms with Crippen LogP contribution in [-0.4, -0.2) is 55.7 Å². The van der Waals surface area contributed by atoms with E-state index in [4.69, 9.17) is 0 Å². The molecule has 0 spiro atoms. The number of benzene rings is 1. The molecular weight excluding hydrogens is 405 g/mol. The Bertz CT molecular complexity index is 848. The Morgan fingerprint density at radius 3 is 1.80 bits per heavy atom. The third kappa shape index (κ3) is 3.95. The van der Waals surface area contributed by atoms with Crippen LogP contribution in [0.4, 0.5) is 10.1 Å². The highest BCUT2D eigenvalue weighted by Gasteiger charge is 2.64. The third-order valence-corrected chi connectivity index (χ3v) is 5.46. The second kappa shape index (κ2) is 8.47. The van der Waals surface area contributed by atoms with E-state index in [0.29, 0.717) is 0 Å². The van der Waals surface area contributed by atoms with Gasteiger partial charge in [0.2, 0.25) is 5.91 Å². The second-order valence-corrected chi connectivity index (χ2v) is 7.18. The molecule has 0 aliphatic carbocycles.